The molecule has 0 radical (unpaired) electrons. The minimum Gasteiger partial charge on any atom is -0.391 e. The van der Waals surface area contributed by atoms with E-state index < -0.39 is 0 Å². The van der Waals surface area contributed by atoms with Gasteiger partial charge in [-0.1, -0.05) is 27.7 Å². The summed E-state index contributed by atoms with van der Waals surface area (Å²) in [6.45, 7) is 10.9. The number of rotatable bonds is 6. The Labute approximate surface area is 110 Å². The zero-order valence-electron chi connectivity index (χ0n) is 12.1. The van der Waals surface area contributed by atoms with E-state index in [4.69, 9.17) is 0 Å². The van der Waals surface area contributed by atoms with Gasteiger partial charge in [0.25, 0.3) is 0 Å². The molecule has 18 heavy (non-hydrogen) atoms. The van der Waals surface area contributed by atoms with Crippen LogP contribution in [0.25, 0.3) is 0 Å². The van der Waals surface area contributed by atoms with Gasteiger partial charge in [0, 0.05) is 17.9 Å². The van der Waals surface area contributed by atoms with Crippen LogP contribution in [0.3, 0.4) is 0 Å². The zero-order chi connectivity index (χ0) is 13.7. The summed E-state index contributed by atoms with van der Waals surface area (Å²) in [5.41, 5.74) is 1.98. The lowest BCUT2D eigenvalue weighted by Crippen LogP contribution is -2.22. The van der Waals surface area contributed by atoms with E-state index in [2.05, 4.69) is 43.0 Å². The van der Waals surface area contributed by atoms with Crippen molar-refractivity contribution in [2.45, 2.75) is 53.1 Å². The Morgan fingerprint density at radius 2 is 1.89 bits per heavy atom. The second-order valence-corrected chi connectivity index (χ2v) is 5.58. The first-order chi connectivity index (χ1) is 8.38. The Kier molecular flexibility index (Phi) is 5.54. The van der Waals surface area contributed by atoms with Gasteiger partial charge in [-0.25, -0.2) is 9.97 Å². The number of aliphatic hydroxyl groups excluding tert-OH is 1. The van der Waals surface area contributed by atoms with Gasteiger partial charge in [0.05, 0.1) is 6.10 Å². The first-order valence-corrected chi connectivity index (χ1v) is 6.66. The molecule has 0 amide bonds. The highest BCUT2D eigenvalue weighted by atomic mass is 16.3. The number of nitrogens with one attached hydrogen (secondary N) is 1. The maximum absolute atomic E-state index is 9.81. The lowest BCUT2D eigenvalue weighted by Gasteiger charge is -2.15. The van der Waals surface area contributed by atoms with Gasteiger partial charge in [-0.2, -0.15) is 0 Å². The predicted octanol–water partition coefficient (Wildman–Crippen LogP) is 2.73. The predicted molar refractivity (Wildman–Crippen MR) is 74.8 cm³/mol. The number of hydrogen-bond acceptors (Lipinski definition) is 4. The minimum atomic E-state index is -0.350. The molecule has 4 nitrogen and oxygen atoms in total. The highest BCUT2D eigenvalue weighted by Crippen LogP contribution is 2.14. The molecule has 0 spiro atoms. The summed E-state index contributed by atoms with van der Waals surface area (Å²) < 4.78 is 0. The Balaban J connectivity index is 2.62. The molecule has 1 aromatic rings. The molecular weight excluding hydrogens is 226 g/mol. The van der Waals surface area contributed by atoms with E-state index in [-0.39, 0.29) is 6.10 Å². The highest BCUT2D eigenvalue weighted by Gasteiger charge is 2.09. The van der Waals surface area contributed by atoms with Gasteiger partial charge in [0.1, 0.15) is 0 Å². The fourth-order valence-electron chi connectivity index (χ4n) is 1.80. The molecule has 102 valence electrons. The first kappa shape index (κ1) is 14.9. The number of aryl methyl sites for hydroxylation is 1. The Bertz CT molecular complexity index is 377. The van der Waals surface area contributed by atoms with E-state index in [0.29, 0.717) is 24.3 Å². The van der Waals surface area contributed by atoms with Crippen LogP contribution in [0.5, 0.6) is 0 Å². The van der Waals surface area contributed by atoms with Crippen molar-refractivity contribution in [2.24, 2.45) is 5.92 Å². The summed E-state index contributed by atoms with van der Waals surface area (Å²) in [7, 11) is 0. The van der Waals surface area contributed by atoms with E-state index in [0.717, 1.165) is 17.8 Å². The van der Waals surface area contributed by atoms with E-state index in [1.54, 1.807) is 0 Å². The van der Waals surface area contributed by atoms with Gasteiger partial charge in [-0.3, -0.25) is 0 Å². The van der Waals surface area contributed by atoms with Gasteiger partial charge in [0.15, 0.2) is 0 Å². The number of aromatic nitrogens is 2. The Morgan fingerprint density at radius 3 is 2.44 bits per heavy atom. The molecule has 1 rings (SSSR count). The van der Waals surface area contributed by atoms with Crippen LogP contribution < -0.4 is 5.32 Å². The first-order valence-electron chi connectivity index (χ1n) is 6.66. The highest BCUT2D eigenvalue weighted by molar-refractivity contribution is 5.29. The van der Waals surface area contributed by atoms with Crippen molar-refractivity contribution < 1.29 is 5.11 Å². The molecule has 0 saturated heterocycles. The topological polar surface area (TPSA) is 58.0 Å². The quantitative estimate of drug-likeness (QED) is 0.816. The van der Waals surface area contributed by atoms with Gasteiger partial charge < -0.3 is 10.4 Å². The van der Waals surface area contributed by atoms with Crippen molar-refractivity contribution in [1.29, 1.82) is 0 Å². The minimum absolute atomic E-state index is 0.350. The maximum atomic E-state index is 9.81. The third kappa shape index (κ3) is 5.00. The van der Waals surface area contributed by atoms with Gasteiger partial charge in [-0.05, 0) is 31.2 Å². The molecule has 0 fully saturated rings. The van der Waals surface area contributed by atoms with Crippen molar-refractivity contribution >= 4 is 5.95 Å². The summed E-state index contributed by atoms with van der Waals surface area (Å²) in [4.78, 5) is 8.78. The smallest absolute Gasteiger partial charge is 0.223 e. The third-order valence-corrected chi connectivity index (χ3v) is 2.70. The van der Waals surface area contributed by atoms with Crippen LogP contribution in [0.2, 0.25) is 0 Å². The number of nitrogens with zero attached hydrogens (tertiary/aromatic N) is 2. The molecular formula is C14H25N3O. The molecule has 1 atom stereocenters. The van der Waals surface area contributed by atoms with Crippen LogP contribution in [0.1, 0.15) is 51.4 Å². The summed E-state index contributed by atoms with van der Waals surface area (Å²) >= 11 is 0. The van der Waals surface area contributed by atoms with Crippen LogP contribution in [0.15, 0.2) is 6.07 Å². The molecule has 0 aliphatic heterocycles. The Hall–Kier alpha value is -1.16. The molecule has 4 heteroatoms. The summed E-state index contributed by atoms with van der Waals surface area (Å²) in [5, 5.41) is 12.9. The van der Waals surface area contributed by atoms with Gasteiger partial charge in [-0.15, -0.1) is 0 Å². The van der Waals surface area contributed by atoms with Crippen LogP contribution in [-0.4, -0.2) is 27.7 Å². The standard InChI is InChI=1S/C14H25N3O/c1-9(2)6-12(18)8-15-14-16-11(5)7-13(17-14)10(3)4/h7,9-10,12,18H,6,8H2,1-5H3,(H,15,16,17). The maximum Gasteiger partial charge on any atom is 0.223 e. The molecule has 1 unspecified atom stereocenters. The number of anilines is 1. The molecule has 1 heterocycles. The van der Waals surface area contributed by atoms with Crippen LogP contribution in [0, 0.1) is 12.8 Å². The lowest BCUT2D eigenvalue weighted by atomic mass is 10.1. The van der Waals surface area contributed by atoms with Crippen molar-refractivity contribution in [3.8, 4) is 0 Å². The van der Waals surface area contributed by atoms with Crippen LogP contribution in [0.4, 0.5) is 5.95 Å². The molecule has 0 saturated carbocycles. The molecule has 0 bridgehead atoms. The van der Waals surface area contributed by atoms with Crippen molar-refractivity contribution in [3.05, 3.63) is 17.5 Å². The second-order valence-electron chi connectivity index (χ2n) is 5.58. The van der Waals surface area contributed by atoms with Crippen molar-refractivity contribution in [3.63, 3.8) is 0 Å². The van der Waals surface area contributed by atoms with Crippen molar-refractivity contribution in [2.75, 3.05) is 11.9 Å². The normalized spacial score (nSPS) is 13.1. The van der Waals surface area contributed by atoms with E-state index >= 15 is 0 Å². The monoisotopic (exact) mass is 251 g/mol. The fraction of sp³-hybridized carbons (Fsp3) is 0.714. The number of hydrogen-bond donors (Lipinski definition) is 2. The van der Waals surface area contributed by atoms with E-state index in [9.17, 15) is 5.11 Å². The average Bonchev–Trinajstić information content (AvgIpc) is 2.24. The zero-order valence-corrected chi connectivity index (χ0v) is 12.1. The Morgan fingerprint density at radius 1 is 1.22 bits per heavy atom. The van der Waals surface area contributed by atoms with Crippen molar-refractivity contribution in [1.82, 2.24) is 9.97 Å². The largest absolute Gasteiger partial charge is 0.391 e. The molecule has 0 aliphatic carbocycles. The lowest BCUT2D eigenvalue weighted by molar-refractivity contribution is 0.161. The second kappa shape index (κ2) is 6.69. The fourth-order valence-corrected chi connectivity index (χ4v) is 1.80. The van der Waals surface area contributed by atoms with Crippen LogP contribution in [-0.2, 0) is 0 Å². The SMILES string of the molecule is Cc1cc(C(C)C)nc(NCC(O)CC(C)C)n1. The van der Waals surface area contributed by atoms with Crippen LogP contribution >= 0.6 is 0 Å². The average molecular weight is 251 g/mol. The third-order valence-electron chi connectivity index (χ3n) is 2.70. The number of aliphatic hydroxyl groups is 1. The van der Waals surface area contributed by atoms with E-state index in [1.165, 1.54) is 0 Å². The summed E-state index contributed by atoms with van der Waals surface area (Å²) in [6, 6.07) is 2.00. The van der Waals surface area contributed by atoms with Gasteiger partial charge >= 0.3 is 0 Å². The molecule has 0 aliphatic rings. The van der Waals surface area contributed by atoms with E-state index in [1.807, 2.05) is 13.0 Å². The van der Waals surface area contributed by atoms with Gasteiger partial charge in [0.2, 0.25) is 5.95 Å². The summed E-state index contributed by atoms with van der Waals surface area (Å²) in [5.74, 6) is 1.49. The molecule has 1 aromatic heterocycles. The molecule has 2 N–H and O–H groups in total. The molecule has 0 aromatic carbocycles. The summed E-state index contributed by atoms with van der Waals surface area (Å²) in [6.07, 6.45) is 0.437.